The van der Waals surface area contributed by atoms with Crippen molar-refractivity contribution >= 4 is 5.97 Å². The molecule has 0 radical (unpaired) electrons. The number of nitrogens with two attached hydrogens (primary N) is 1. The van der Waals surface area contributed by atoms with Gasteiger partial charge in [0.15, 0.2) is 0 Å². The van der Waals surface area contributed by atoms with Crippen LogP contribution in [0.3, 0.4) is 0 Å². The molecule has 0 spiro atoms. The monoisotopic (exact) mass is 227 g/mol. The second-order valence-corrected chi connectivity index (χ2v) is 5.14. The van der Waals surface area contributed by atoms with Crippen molar-refractivity contribution in [1.82, 2.24) is 0 Å². The van der Waals surface area contributed by atoms with Crippen molar-refractivity contribution in [2.45, 2.75) is 58.5 Å². The number of esters is 1. The molecule has 1 saturated carbocycles. The molecule has 0 saturated heterocycles. The van der Waals surface area contributed by atoms with E-state index >= 15 is 0 Å². The van der Waals surface area contributed by atoms with Gasteiger partial charge in [-0.05, 0) is 31.6 Å². The van der Waals surface area contributed by atoms with E-state index in [0.717, 1.165) is 12.8 Å². The minimum atomic E-state index is -0.136. The van der Waals surface area contributed by atoms with E-state index in [2.05, 4.69) is 0 Å². The molecule has 1 fully saturated rings. The third-order valence-corrected chi connectivity index (χ3v) is 3.45. The lowest BCUT2D eigenvalue weighted by atomic mass is 9.96. The SMILES string of the molecule is CC(C)C(CN)C(=O)OC1CCCCCC1. The van der Waals surface area contributed by atoms with Gasteiger partial charge in [-0.3, -0.25) is 4.79 Å². The topological polar surface area (TPSA) is 52.3 Å². The average molecular weight is 227 g/mol. The fourth-order valence-electron chi connectivity index (χ4n) is 2.25. The van der Waals surface area contributed by atoms with E-state index in [-0.39, 0.29) is 23.9 Å². The van der Waals surface area contributed by atoms with Gasteiger partial charge in [-0.1, -0.05) is 26.7 Å². The molecule has 94 valence electrons. The van der Waals surface area contributed by atoms with Crippen LogP contribution in [0, 0.1) is 11.8 Å². The zero-order chi connectivity index (χ0) is 12.0. The molecular formula is C13H25NO2. The first-order valence-electron chi connectivity index (χ1n) is 6.55. The summed E-state index contributed by atoms with van der Waals surface area (Å²) in [7, 11) is 0. The Bertz CT molecular complexity index is 208. The van der Waals surface area contributed by atoms with Gasteiger partial charge in [-0.15, -0.1) is 0 Å². The number of ether oxygens (including phenoxy) is 1. The van der Waals surface area contributed by atoms with Crippen LogP contribution in [-0.2, 0) is 9.53 Å². The summed E-state index contributed by atoms with van der Waals surface area (Å²) >= 11 is 0. The first kappa shape index (κ1) is 13.5. The summed E-state index contributed by atoms with van der Waals surface area (Å²) in [5.41, 5.74) is 5.61. The fourth-order valence-corrected chi connectivity index (χ4v) is 2.25. The van der Waals surface area contributed by atoms with E-state index in [1.54, 1.807) is 0 Å². The van der Waals surface area contributed by atoms with Crippen LogP contribution in [0.15, 0.2) is 0 Å². The van der Waals surface area contributed by atoms with Crippen molar-refractivity contribution in [2.75, 3.05) is 6.54 Å². The highest BCUT2D eigenvalue weighted by atomic mass is 16.5. The molecule has 1 unspecified atom stereocenters. The quantitative estimate of drug-likeness (QED) is 0.593. The van der Waals surface area contributed by atoms with Gasteiger partial charge in [0.25, 0.3) is 0 Å². The highest BCUT2D eigenvalue weighted by Gasteiger charge is 2.25. The van der Waals surface area contributed by atoms with Gasteiger partial charge in [-0.2, -0.15) is 0 Å². The molecule has 0 heterocycles. The Balaban J connectivity index is 2.41. The number of carbonyl (C=O) groups excluding carboxylic acids is 1. The third kappa shape index (κ3) is 4.12. The maximum absolute atomic E-state index is 11.9. The molecule has 1 aliphatic carbocycles. The molecule has 1 aliphatic rings. The largest absolute Gasteiger partial charge is 0.462 e. The molecule has 1 atom stereocenters. The highest BCUT2D eigenvalue weighted by molar-refractivity contribution is 5.73. The lowest BCUT2D eigenvalue weighted by Gasteiger charge is -2.22. The van der Waals surface area contributed by atoms with E-state index in [1.807, 2.05) is 13.8 Å². The Kier molecular flexibility index (Phi) is 5.81. The van der Waals surface area contributed by atoms with E-state index in [1.165, 1.54) is 25.7 Å². The molecule has 3 nitrogen and oxygen atoms in total. The maximum Gasteiger partial charge on any atom is 0.310 e. The maximum atomic E-state index is 11.9. The molecule has 0 aromatic carbocycles. The summed E-state index contributed by atoms with van der Waals surface area (Å²) < 4.78 is 5.57. The molecule has 16 heavy (non-hydrogen) atoms. The number of hydrogen-bond acceptors (Lipinski definition) is 3. The number of hydrogen-bond donors (Lipinski definition) is 1. The Morgan fingerprint density at radius 1 is 1.25 bits per heavy atom. The second kappa shape index (κ2) is 6.89. The Labute approximate surface area is 98.7 Å². The van der Waals surface area contributed by atoms with Crippen molar-refractivity contribution in [3.8, 4) is 0 Å². The summed E-state index contributed by atoms with van der Waals surface area (Å²) in [5, 5.41) is 0. The summed E-state index contributed by atoms with van der Waals surface area (Å²) in [5.74, 6) is 0.0379. The lowest BCUT2D eigenvalue weighted by Crippen LogP contribution is -2.32. The van der Waals surface area contributed by atoms with Gasteiger partial charge in [-0.25, -0.2) is 0 Å². The van der Waals surface area contributed by atoms with Gasteiger partial charge >= 0.3 is 5.97 Å². The van der Waals surface area contributed by atoms with Crippen molar-refractivity contribution < 1.29 is 9.53 Å². The predicted octanol–water partition coefficient (Wildman–Crippen LogP) is 2.48. The van der Waals surface area contributed by atoms with Gasteiger partial charge < -0.3 is 10.5 Å². The zero-order valence-corrected chi connectivity index (χ0v) is 10.6. The number of carbonyl (C=O) groups is 1. The van der Waals surface area contributed by atoms with Gasteiger partial charge in [0.05, 0.1) is 5.92 Å². The zero-order valence-electron chi connectivity index (χ0n) is 10.6. The van der Waals surface area contributed by atoms with Crippen molar-refractivity contribution in [3.63, 3.8) is 0 Å². The van der Waals surface area contributed by atoms with Gasteiger partial charge in [0.2, 0.25) is 0 Å². The molecule has 2 N–H and O–H groups in total. The molecule has 3 heteroatoms. The third-order valence-electron chi connectivity index (χ3n) is 3.45. The molecule has 0 aromatic rings. The fraction of sp³-hybridized carbons (Fsp3) is 0.923. The smallest absolute Gasteiger partial charge is 0.310 e. The normalized spacial score (nSPS) is 20.5. The van der Waals surface area contributed by atoms with E-state index in [9.17, 15) is 4.79 Å². The lowest BCUT2D eigenvalue weighted by molar-refractivity contribution is -0.155. The van der Waals surface area contributed by atoms with E-state index in [4.69, 9.17) is 10.5 Å². The summed E-state index contributed by atoms with van der Waals surface area (Å²) in [4.78, 5) is 11.9. The van der Waals surface area contributed by atoms with Crippen molar-refractivity contribution in [2.24, 2.45) is 17.6 Å². The van der Waals surface area contributed by atoms with Crippen LogP contribution in [0.1, 0.15) is 52.4 Å². The van der Waals surface area contributed by atoms with Crippen LogP contribution in [-0.4, -0.2) is 18.6 Å². The first-order valence-corrected chi connectivity index (χ1v) is 6.55. The van der Waals surface area contributed by atoms with Crippen LogP contribution < -0.4 is 5.73 Å². The Hall–Kier alpha value is -0.570. The molecule has 0 amide bonds. The van der Waals surface area contributed by atoms with E-state index < -0.39 is 0 Å². The van der Waals surface area contributed by atoms with Crippen LogP contribution in [0.4, 0.5) is 0 Å². The molecule has 0 bridgehead atoms. The number of rotatable bonds is 4. The molecule has 0 aromatic heterocycles. The second-order valence-electron chi connectivity index (χ2n) is 5.14. The van der Waals surface area contributed by atoms with Crippen molar-refractivity contribution in [1.29, 1.82) is 0 Å². The average Bonchev–Trinajstić information content (AvgIpc) is 2.46. The Morgan fingerprint density at radius 3 is 2.25 bits per heavy atom. The van der Waals surface area contributed by atoms with Crippen molar-refractivity contribution in [3.05, 3.63) is 0 Å². The predicted molar refractivity (Wildman–Crippen MR) is 65.0 cm³/mol. The molecule has 1 rings (SSSR count). The summed E-state index contributed by atoms with van der Waals surface area (Å²) in [6.07, 6.45) is 7.13. The first-order chi connectivity index (χ1) is 7.65. The molecular weight excluding hydrogens is 202 g/mol. The summed E-state index contributed by atoms with van der Waals surface area (Å²) in [6.45, 7) is 4.43. The molecule has 0 aliphatic heterocycles. The minimum absolute atomic E-state index is 0.0931. The van der Waals surface area contributed by atoms with Crippen LogP contribution in [0.25, 0.3) is 0 Å². The van der Waals surface area contributed by atoms with Gasteiger partial charge in [0.1, 0.15) is 6.10 Å². The van der Waals surface area contributed by atoms with Gasteiger partial charge in [0, 0.05) is 6.54 Å². The standard InChI is InChI=1S/C13H25NO2/c1-10(2)12(9-14)13(15)16-11-7-5-3-4-6-8-11/h10-12H,3-9,14H2,1-2H3. The van der Waals surface area contributed by atoms with E-state index in [0.29, 0.717) is 6.54 Å². The summed E-state index contributed by atoms with van der Waals surface area (Å²) in [6, 6.07) is 0. The minimum Gasteiger partial charge on any atom is -0.462 e. The highest BCUT2D eigenvalue weighted by Crippen LogP contribution is 2.22. The Morgan fingerprint density at radius 2 is 1.81 bits per heavy atom. The van der Waals surface area contributed by atoms with Crippen LogP contribution in [0.5, 0.6) is 0 Å². The van der Waals surface area contributed by atoms with Crippen LogP contribution in [0.2, 0.25) is 0 Å². The van der Waals surface area contributed by atoms with Crippen LogP contribution >= 0.6 is 0 Å².